The van der Waals surface area contributed by atoms with E-state index in [1.807, 2.05) is 19.1 Å². The summed E-state index contributed by atoms with van der Waals surface area (Å²) in [5, 5.41) is 0. The molecule has 1 aliphatic rings. The Hall–Kier alpha value is -1.84. The normalized spacial score (nSPS) is 19.1. The lowest BCUT2D eigenvalue weighted by atomic mass is 10.2. The van der Waals surface area contributed by atoms with Crippen molar-refractivity contribution >= 4 is 12.4 Å². The van der Waals surface area contributed by atoms with Gasteiger partial charge in [0.05, 0.1) is 0 Å². The predicted octanol–water partition coefficient (Wildman–Crippen LogP) is 1.52. The number of rotatable bonds is 3. The topological polar surface area (TPSA) is 46.6 Å². The second kappa shape index (κ2) is 4.99. The van der Waals surface area contributed by atoms with Crippen LogP contribution < -0.4 is 4.74 Å². The number of carbonyl (C=O) groups excluding carboxylic acids is 2. The van der Waals surface area contributed by atoms with Gasteiger partial charge < -0.3 is 9.64 Å². The molecule has 1 amide bonds. The van der Waals surface area contributed by atoms with Crippen molar-refractivity contribution in [3.63, 3.8) is 0 Å². The van der Waals surface area contributed by atoms with Crippen LogP contribution in [-0.4, -0.2) is 29.9 Å². The summed E-state index contributed by atoms with van der Waals surface area (Å²) in [6, 6.07) is 6.86. The summed E-state index contributed by atoms with van der Waals surface area (Å²) in [5.74, 6) is 0.178. The van der Waals surface area contributed by atoms with E-state index >= 15 is 0 Å². The van der Waals surface area contributed by atoms with Gasteiger partial charge in [-0.1, -0.05) is 17.7 Å². The molecule has 0 aromatic heterocycles. The molecule has 0 bridgehead atoms. The van der Waals surface area contributed by atoms with Crippen LogP contribution in [0.4, 0.5) is 0 Å². The summed E-state index contributed by atoms with van der Waals surface area (Å²) in [4.78, 5) is 24.1. The third-order valence-electron chi connectivity index (χ3n) is 2.94. The zero-order valence-electron chi connectivity index (χ0n) is 9.76. The summed E-state index contributed by atoms with van der Waals surface area (Å²) in [6.45, 7) is 2.61. The molecule has 1 heterocycles. The van der Waals surface area contributed by atoms with Crippen molar-refractivity contribution in [2.24, 2.45) is 0 Å². The molecule has 1 aliphatic heterocycles. The lowest BCUT2D eigenvalue weighted by molar-refractivity contribution is -0.142. The second-order valence-electron chi connectivity index (χ2n) is 4.24. The number of ether oxygens (including phenoxy) is 1. The van der Waals surface area contributed by atoms with Gasteiger partial charge in [-0.3, -0.25) is 4.79 Å². The highest BCUT2D eigenvalue weighted by Crippen LogP contribution is 2.19. The minimum atomic E-state index is -0.422. The van der Waals surface area contributed by atoms with Crippen molar-refractivity contribution in [3.8, 4) is 5.75 Å². The first kappa shape index (κ1) is 11.6. The largest absolute Gasteiger partial charge is 0.425 e. The molecule has 2 rings (SSSR count). The van der Waals surface area contributed by atoms with E-state index in [1.54, 1.807) is 12.1 Å². The number of hydrogen-bond acceptors (Lipinski definition) is 3. The second-order valence-corrected chi connectivity index (χ2v) is 4.24. The maximum absolute atomic E-state index is 11.8. The Morgan fingerprint density at radius 2 is 2.12 bits per heavy atom. The van der Waals surface area contributed by atoms with Crippen molar-refractivity contribution in [2.45, 2.75) is 25.8 Å². The Kier molecular flexibility index (Phi) is 3.42. The van der Waals surface area contributed by atoms with Crippen LogP contribution >= 0.6 is 0 Å². The molecule has 17 heavy (non-hydrogen) atoms. The molecule has 1 atom stereocenters. The molecular formula is C13H15NO3. The Morgan fingerprint density at radius 3 is 2.76 bits per heavy atom. The summed E-state index contributed by atoms with van der Waals surface area (Å²) in [6.07, 6.45) is 2.25. The summed E-state index contributed by atoms with van der Waals surface area (Å²) < 4.78 is 5.25. The number of benzene rings is 1. The van der Waals surface area contributed by atoms with Gasteiger partial charge in [-0.15, -0.1) is 0 Å². The maximum atomic E-state index is 11.8. The highest BCUT2D eigenvalue weighted by atomic mass is 16.5. The minimum Gasteiger partial charge on any atom is -0.425 e. The van der Waals surface area contributed by atoms with Crippen molar-refractivity contribution in [1.82, 2.24) is 4.90 Å². The molecule has 0 radical (unpaired) electrons. The number of nitrogens with zero attached hydrogens (tertiary/aromatic N) is 1. The molecule has 0 aliphatic carbocycles. The third-order valence-corrected chi connectivity index (χ3v) is 2.94. The van der Waals surface area contributed by atoms with Crippen LogP contribution in [0.1, 0.15) is 18.4 Å². The average Bonchev–Trinajstić information content (AvgIpc) is 2.80. The number of hydrogen-bond donors (Lipinski definition) is 0. The van der Waals surface area contributed by atoms with E-state index in [0.717, 1.165) is 12.0 Å². The molecular weight excluding hydrogens is 218 g/mol. The Labute approximate surface area is 100 Å². The zero-order chi connectivity index (χ0) is 12.3. The summed E-state index contributed by atoms with van der Waals surface area (Å²) in [7, 11) is 0. The molecule has 1 aromatic rings. The average molecular weight is 233 g/mol. The highest BCUT2D eigenvalue weighted by Gasteiger charge is 2.31. The minimum absolute atomic E-state index is 0.349. The van der Waals surface area contributed by atoms with E-state index in [-0.39, 0.29) is 5.97 Å². The molecule has 0 saturated carbocycles. The van der Waals surface area contributed by atoms with E-state index in [9.17, 15) is 9.59 Å². The number of aryl methyl sites for hydroxylation is 1. The summed E-state index contributed by atoms with van der Waals surface area (Å²) >= 11 is 0. The Balaban J connectivity index is 2.01. The number of amides is 1. The van der Waals surface area contributed by atoms with Crippen LogP contribution in [-0.2, 0) is 9.59 Å². The molecule has 1 fully saturated rings. The van der Waals surface area contributed by atoms with Crippen LogP contribution in [0.2, 0.25) is 0 Å². The zero-order valence-corrected chi connectivity index (χ0v) is 9.76. The van der Waals surface area contributed by atoms with Crippen LogP contribution in [0.3, 0.4) is 0 Å². The van der Waals surface area contributed by atoms with Crippen molar-refractivity contribution in [1.29, 1.82) is 0 Å². The van der Waals surface area contributed by atoms with E-state index in [4.69, 9.17) is 4.74 Å². The number of likely N-dealkylation sites (tertiary alicyclic amines) is 1. The fourth-order valence-electron chi connectivity index (χ4n) is 1.96. The van der Waals surface area contributed by atoms with Gasteiger partial charge >= 0.3 is 5.97 Å². The molecule has 1 unspecified atom stereocenters. The quantitative estimate of drug-likeness (QED) is 0.452. The van der Waals surface area contributed by atoms with E-state index in [2.05, 4.69) is 0 Å². The first-order valence-corrected chi connectivity index (χ1v) is 5.70. The van der Waals surface area contributed by atoms with Gasteiger partial charge in [0.1, 0.15) is 11.8 Å². The Bertz CT molecular complexity index is 413. The van der Waals surface area contributed by atoms with Crippen LogP contribution in [0, 0.1) is 6.92 Å². The van der Waals surface area contributed by atoms with Crippen molar-refractivity contribution in [3.05, 3.63) is 29.8 Å². The summed E-state index contributed by atoms with van der Waals surface area (Å²) in [5.41, 5.74) is 1.11. The molecule has 1 saturated heterocycles. The van der Waals surface area contributed by atoms with Crippen LogP contribution in [0.15, 0.2) is 24.3 Å². The number of carbonyl (C=O) groups is 2. The van der Waals surface area contributed by atoms with Crippen LogP contribution in [0.5, 0.6) is 5.75 Å². The van der Waals surface area contributed by atoms with Gasteiger partial charge in [-0.2, -0.15) is 0 Å². The molecule has 4 nitrogen and oxygen atoms in total. The fourth-order valence-corrected chi connectivity index (χ4v) is 1.96. The van der Waals surface area contributed by atoms with Gasteiger partial charge in [0.15, 0.2) is 0 Å². The molecule has 1 aromatic carbocycles. The third kappa shape index (κ3) is 2.64. The van der Waals surface area contributed by atoms with Gasteiger partial charge in [0, 0.05) is 6.54 Å². The maximum Gasteiger partial charge on any atom is 0.334 e. The monoisotopic (exact) mass is 233 g/mol. The lowest BCUT2D eigenvalue weighted by Gasteiger charge is -2.18. The van der Waals surface area contributed by atoms with Gasteiger partial charge in [0.2, 0.25) is 6.41 Å². The van der Waals surface area contributed by atoms with Gasteiger partial charge in [-0.25, -0.2) is 4.79 Å². The standard InChI is InChI=1S/C13H15NO3/c1-10-4-6-11(7-5-10)17-13(16)12-3-2-8-14(12)9-15/h4-7,9,12H,2-3,8H2,1H3. The fraction of sp³-hybridized carbons (Fsp3) is 0.385. The SMILES string of the molecule is Cc1ccc(OC(=O)C2CCCN2C=O)cc1. The highest BCUT2D eigenvalue weighted by molar-refractivity contribution is 5.80. The molecule has 0 spiro atoms. The van der Waals surface area contributed by atoms with Crippen molar-refractivity contribution < 1.29 is 14.3 Å². The first-order chi connectivity index (χ1) is 8.20. The van der Waals surface area contributed by atoms with Gasteiger partial charge in [-0.05, 0) is 31.9 Å². The molecule has 4 heteroatoms. The van der Waals surface area contributed by atoms with Crippen LogP contribution in [0.25, 0.3) is 0 Å². The molecule has 0 N–H and O–H groups in total. The van der Waals surface area contributed by atoms with E-state index < -0.39 is 6.04 Å². The Morgan fingerprint density at radius 1 is 1.41 bits per heavy atom. The van der Waals surface area contributed by atoms with E-state index in [0.29, 0.717) is 25.1 Å². The van der Waals surface area contributed by atoms with Gasteiger partial charge in [0.25, 0.3) is 0 Å². The first-order valence-electron chi connectivity index (χ1n) is 5.70. The lowest BCUT2D eigenvalue weighted by Crippen LogP contribution is -2.37. The number of esters is 1. The van der Waals surface area contributed by atoms with E-state index in [1.165, 1.54) is 4.90 Å². The smallest absolute Gasteiger partial charge is 0.334 e. The predicted molar refractivity (Wildman–Crippen MR) is 62.6 cm³/mol. The van der Waals surface area contributed by atoms with Crippen molar-refractivity contribution in [2.75, 3.05) is 6.54 Å². The molecule has 90 valence electrons.